The standard InChI is InChI=1S/C96H168NO8P/c1-6-8-10-12-14-16-18-20-22-24-26-28-30-32-34-36-38-40-42-44-46-48-50-52-54-56-58-60-62-64-66-68-70-72-74-76-78-80-82-84-86-88-95(98)102-92-94(93-104-106(100,101)103-91-90-97(3,4)5)105-96(99)89-87-85-83-81-79-77-75-73-71-69-67-65-63-61-59-57-55-53-51-49-47-45-43-41-39-37-35-33-31-29-27-25-23-21-19-17-15-13-11-9-7-2/h8-11,14-17,20-23,26-29,32-35,38-41,94H,6-7,12-13,18-19,24-25,30-31,36-37,42-93H2,1-5H3/b10-8-,11-9-,16-14-,17-15-,22-20-,23-21-,28-26-,29-27-,34-32-,35-33-,40-38-,41-39-. The van der Waals surface area contributed by atoms with Gasteiger partial charge in [0.25, 0.3) is 7.82 Å². The van der Waals surface area contributed by atoms with Crippen LogP contribution in [0.25, 0.3) is 0 Å². The number of hydrogen-bond donors (Lipinski definition) is 0. The summed E-state index contributed by atoms with van der Waals surface area (Å²) in [5, 5.41) is 0. The number of phosphoric ester groups is 1. The summed E-state index contributed by atoms with van der Waals surface area (Å²) >= 11 is 0. The fraction of sp³-hybridized carbons (Fsp3) is 0.729. The van der Waals surface area contributed by atoms with Gasteiger partial charge < -0.3 is 27.9 Å². The molecule has 0 aromatic rings. The second-order valence-electron chi connectivity index (χ2n) is 30.8. The summed E-state index contributed by atoms with van der Waals surface area (Å²) in [4.78, 5) is 38.3. The number of carbonyl (C=O) groups excluding carboxylic acids is 2. The summed E-state index contributed by atoms with van der Waals surface area (Å²) in [6, 6.07) is 0. The van der Waals surface area contributed by atoms with Gasteiger partial charge in [-0.2, -0.15) is 0 Å². The van der Waals surface area contributed by atoms with Crippen molar-refractivity contribution in [1.29, 1.82) is 0 Å². The van der Waals surface area contributed by atoms with E-state index in [2.05, 4.69) is 160 Å². The van der Waals surface area contributed by atoms with Crippen molar-refractivity contribution in [2.45, 2.75) is 405 Å². The van der Waals surface area contributed by atoms with Gasteiger partial charge in [-0.05, 0) is 116 Å². The van der Waals surface area contributed by atoms with Crippen molar-refractivity contribution in [3.8, 4) is 0 Å². The van der Waals surface area contributed by atoms with E-state index in [1.807, 2.05) is 21.1 Å². The highest BCUT2D eigenvalue weighted by Gasteiger charge is 2.22. The predicted molar refractivity (Wildman–Crippen MR) is 461 cm³/mol. The second kappa shape index (κ2) is 84.9. The van der Waals surface area contributed by atoms with Crippen LogP contribution in [0.5, 0.6) is 0 Å². The number of unbranched alkanes of at least 4 members (excludes halogenated alkanes) is 44. The number of nitrogens with zero attached hydrogens (tertiary/aromatic N) is 1. The van der Waals surface area contributed by atoms with Crippen molar-refractivity contribution in [3.05, 3.63) is 146 Å². The maximum absolute atomic E-state index is 12.9. The van der Waals surface area contributed by atoms with Crippen LogP contribution in [-0.4, -0.2) is 70.0 Å². The summed E-state index contributed by atoms with van der Waals surface area (Å²) in [6.07, 6.45) is 126. The van der Waals surface area contributed by atoms with Gasteiger partial charge in [-0.25, -0.2) is 0 Å². The van der Waals surface area contributed by atoms with Crippen LogP contribution in [0.1, 0.15) is 399 Å². The number of carbonyl (C=O) groups is 2. The topological polar surface area (TPSA) is 111 Å². The lowest BCUT2D eigenvalue weighted by Crippen LogP contribution is -2.37. The molecule has 10 heteroatoms. The molecule has 106 heavy (non-hydrogen) atoms. The Bertz CT molecular complexity index is 2310. The Morgan fingerprint density at radius 2 is 0.509 bits per heavy atom. The van der Waals surface area contributed by atoms with Crippen LogP contribution in [-0.2, 0) is 32.7 Å². The first-order valence-electron chi connectivity index (χ1n) is 44.5. The SMILES string of the molecule is CC/C=C\C/C=C\C/C=C\C/C=C\C/C=C\C/C=C\CCCCCCCCCCCCCCCCCCCCCCCCC(=O)OCC(COP(=O)([O-])OCC[N+](C)(C)C)OC(=O)CCCCCCCCCCCCCCCCCCCCCCCC/C=C\C/C=C\C/C=C\C/C=C\C/C=C\C/C=C\CC. The largest absolute Gasteiger partial charge is 0.756 e. The van der Waals surface area contributed by atoms with Crippen molar-refractivity contribution in [2.75, 3.05) is 47.5 Å². The highest BCUT2D eigenvalue weighted by Crippen LogP contribution is 2.38. The van der Waals surface area contributed by atoms with Crippen molar-refractivity contribution in [3.63, 3.8) is 0 Å². The molecule has 0 aromatic heterocycles. The Balaban J connectivity index is 3.89. The molecule has 0 aliphatic rings. The average Bonchev–Trinajstić information content (AvgIpc) is 0.951. The van der Waals surface area contributed by atoms with E-state index in [1.54, 1.807) is 0 Å². The fourth-order valence-corrected chi connectivity index (χ4v) is 13.4. The van der Waals surface area contributed by atoms with Crippen LogP contribution in [0.2, 0.25) is 0 Å². The third kappa shape index (κ3) is 88.8. The van der Waals surface area contributed by atoms with E-state index < -0.39 is 26.5 Å². The number of rotatable bonds is 82. The van der Waals surface area contributed by atoms with Gasteiger partial charge in [0.05, 0.1) is 27.7 Å². The summed E-state index contributed by atoms with van der Waals surface area (Å²) in [5.41, 5.74) is 0. The number of ether oxygens (including phenoxy) is 2. The Labute approximate surface area is 656 Å². The van der Waals surface area contributed by atoms with E-state index in [0.29, 0.717) is 17.4 Å². The number of phosphoric acid groups is 1. The molecule has 0 N–H and O–H groups in total. The van der Waals surface area contributed by atoms with Gasteiger partial charge >= 0.3 is 11.9 Å². The molecular formula is C96H168NO8P. The van der Waals surface area contributed by atoms with Crippen LogP contribution < -0.4 is 4.89 Å². The van der Waals surface area contributed by atoms with E-state index >= 15 is 0 Å². The molecule has 0 amide bonds. The van der Waals surface area contributed by atoms with Gasteiger partial charge in [-0.3, -0.25) is 14.2 Å². The van der Waals surface area contributed by atoms with Gasteiger partial charge in [0.15, 0.2) is 6.10 Å². The molecule has 9 nitrogen and oxygen atoms in total. The molecule has 0 spiro atoms. The zero-order chi connectivity index (χ0) is 76.8. The minimum atomic E-state index is -4.65. The molecule has 2 atom stereocenters. The maximum atomic E-state index is 12.9. The van der Waals surface area contributed by atoms with E-state index in [-0.39, 0.29) is 32.0 Å². The first kappa shape index (κ1) is 102. The summed E-state index contributed by atoms with van der Waals surface area (Å²) in [6.45, 7) is 4.06. The predicted octanol–water partition coefficient (Wildman–Crippen LogP) is 29.8. The van der Waals surface area contributed by atoms with Crippen LogP contribution in [0.15, 0.2) is 146 Å². The minimum absolute atomic E-state index is 0.0318. The van der Waals surface area contributed by atoms with Crippen LogP contribution >= 0.6 is 7.82 Å². The second-order valence-corrected chi connectivity index (χ2v) is 32.3. The maximum Gasteiger partial charge on any atom is 0.306 e. The van der Waals surface area contributed by atoms with Gasteiger partial charge in [0.2, 0.25) is 0 Å². The summed E-state index contributed by atoms with van der Waals surface area (Å²) < 4.78 is 34.5. The van der Waals surface area contributed by atoms with Crippen molar-refractivity contribution in [2.24, 2.45) is 0 Å². The van der Waals surface area contributed by atoms with Gasteiger partial charge in [-0.15, -0.1) is 0 Å². The Hall–Kier alpha value is -4.11. The number of likely N-dealkylation sites (N-methyl/N-ethyl adjacent to an activating group) is 1. The number of quaternary nitrogens is 1. The van der Waals surface area contributed by atoms with E-state index in [9.17, 15) is 19.0 Å². The van der Waals surface area contributed by atoms with Crippen molar-refractivity contribution in [1.82, 2.24) is 0 Å². The molecule has 610 valence electrons. The molecule has 0 aromatic carbocycles. The zero-order valence-corrected chi connectivity index (χ0v) is 70.7. The third-order valence-electron chi connectivity index (χ3n) is 19.4. The molecule has 0 aliphatic heterocycles. The normalized spacial score (nSPS) is 13.7. The minimum Gasteiger partial charge on any atom is -0.756 e. The number of esters is 2. The molecule has 0 fully saturated rings. The van der Waals surface area contributed by atoms with Crippen LogP contribution in [0.3, 0.4) is 0 Å². The Morgan fingerprint density at radius 3 is 0.755 bits per heavy atom. The Kier molecular flexibility index (Phi) is 81.6. The molecule has 0 rings (SSSR count). The van der Waals surface area contributed by atoms with Gasteiger partial charge in [0, 0.05) is 12.8 Å². The molecule has 0 aliphatic carbocycles. The molecule has 0 saturated carbocycles. The van der Waals surface area contributed by atoms with Crippen LogP contribution in [0, 0.1) is 0 Å². The molecular weight excluding hydrogens is 1330 g/mol. The molecule has 0 heterocycles. The van der Waals surface area contributed by atoms with E-state index in [0.717, 1.165) is 116 Å². The summed E-state index contributed by atoms with van der Waals surface area (Å²) in [7, 11) is 1.18. The molecule has 0 bridgehead atoms. The lowest BCUT2D eigenvalue weighted by Gasteiger charge is -2.28. The quantitative estimate of drug-likeness (QED) is 0.0195. The highest BCUT2D eigenvalue weighted by atomic mass is 31.2. The monoisotopic (exact) mass is 1490 g/mol. The lowest BCUT2D eigenvalue weighted by atomic mass is 10.0. The highest BCUT2D eigenvalue weighted by molar-refractivity contribution is 7.45. The van der Waals surface area contributed by atoms with Gasteiger partial charge in [0.1, 0.15) is 19.8 Å². The summed E-state index contributed by atoms with van der Waals surface area (Å²) in [5.74, 6) is -0.816. The van der Waals surface area contributed by atoms with Crippen LogP contribution in [0.4, 0.5) is 0 Å². The first-order chi connectivity index (χ1) is 52.0. The van der Waals surface area contributed by atoms with E-state index in [4.69, 9.17) is 18.5 Å². The molecule has 0 radical (unpaired) electrons. The number of allylic oxidation sites excluding steroid dienone is 24. The van der Waals surface area contributed by atoms with E-state index in [1.165, 1.54) is 250 Å². The molecule has 2 unspecified atom stereocenters. The van der Waals surface area contributed by atoms with Crippen molar-refractivity contribution < 1.29 is 42.1 Å². The smallest absolute Gasteiger partial charge is 0.306 e. The fourth-order valence-electron chi connectivity index (χ4n) is 12.7. The number of hydrogen-bond acceptors (Lipinski definition) is 8. The van der Waals surface area contributed by atoms with Gasteiger partial charge in [-0.1, -0.05) is 417 Å². The lowest BCUT2D eigenvalue weighted by molar-refractivity contribution is -0.870. The van der Waals surface area contributed by atoms with Crippen molar-refractivity contribution >= 4 is 19.8 Å². The Morgan fingerprint density at radius 1 is 0.292 bits per heavy atom. The third-order valence-corrected chi connectivity index (χ3v) is 20.3. The molecule has 0 saturated heterocycles. The average molecular weight is 1500 g/mol. The zero-order valence-electron chi connectivity index (χ0n) is 69.8. The first-order valence-corrected chi connectivity index (χ1v) is 46.0.